The predicted octanol–water partition coefficient (Wildman–Crippen LogP) is 4.26. The molecular formula is C14H16BrClFNO. The first-order chi connectivity index (χ1) is 9.13. The molecule has 0 aromatic heterocycles. The van der Waals surface area contributed by atoms with Crippen molar-refractivity contribution in [3.8, 4) is 0 Å². The van der Waals surface area contributed by atoms with E-state index in [1.54, 1.807) is 0 Å². The molecule has 1 aromatic carbocycles. The van der Waals surface area contributed by atoms with Gasteiger partial charge in [0.05, 0.1) is 10.6 Å². The first kappa shape index (κ1) is 14.8. The topological polar surface area (TPSA) is 20.3 Å². The third-order valence-electron chi connectivity index (χ3n) is 3.48. The van der Waals surface area contributed by atoms with Gasteiger partial charge in [-0.1, -0.05) is 40.4 Å². The standard InChI is InChI=1S/C14H16BrClFNO/c15-9-11-4-2-1-3-7-18(11)14(19)12-6-5-10(17)8-13(12)16/h5-6,8,11H,1-4,7,9H2. The van der Waals surface area contributed by atoms with Crippen molar-refractivity contribution < 1.29 is 9.18 Å². The smallest absolute Gasteiger partial charge is 0.255 e. The highest BCUT2D eigenvalue weighted by Crippen LogP contribution is 2.24. The number of alkyl halides is 1. The van der Waals surface area contributed by atoms with Gasteiger partial charge in [-0.25, -0.2) is 4.39 Å². The third kappa shape index (κ3) is 3.48. The third-order valence-corrected chi connectivity index (χ3v) is 4.54. The number of halogens is 3. The second kappa shape index (κ2) is 6.71. The Labute approximate surface area is 126 Å². The number of benzene rings is 1. The molecule has 19 heavy (non-hydrogen) atoms. The predicted molar refractivity (Wildman–Crippen MR) is 78.5 cm³/mol. The fraction of sp³-hybridized carbons (Fsp3) is 0.500. The van der Waals surface area contributed by atoms with E-state index in [1.165, 1.54) is 18.2 Å². The SMILES string of the molecule is O=C(c1ccc(F)cc1Cl)N1CCCCCC1CBr. The molecule has 104 valence electrons. The van der Waals surface area contributed by atoms with Crippen LogP contribution in [0, 0.1) is 5.82 Å². The largest absolute Gasteiger partial charge is 0.335 e. The van der Waals surface area contributed by atoms with E-state index in [-0.39, 0.29) is 17.0 Å². The minimum Gasteiger partial charge on any atom is -0.335 e. The maximum atomic E-state index is 13.0. The Morgan fingerprint density at radius 2 is 2.21 bits per heavy atom. The van der Waals surface area contributed by atoms with Crippen molar-refractivity contribution in [2.75, 3.05) is 11.9 Å². The minimum absolute atomic E-state index is 0.101. The van der Waals surface area contributed by atoms with Gasteiger partial charge in [-0.2, -0.15) is 0 Å². The van der Waals surface area contributed by atoms with E-state index in [9.17, 15) is 9.18 Å². The van der Waals surface area contributed by atoms with Crippen LogP contribution in [-0.4, -0.2) is 28.7 Å². The molecule has 0 spiro atoms. The van der Waals surface area contributed by atoms with E-state index >= 15 is 0 Å². The summed E-state index contributed by atoms with van der Waals surface area (Å²) in [6.07, 6.45) is 4.28. The fourth-order valence-corrected chi connectivity index (χ4v) is 3.34. The number of amides is 1. The van der Waals surface area contributed by atoms with Crippen LogP contribution in [0.4, 0.5) is 4.39 Å². The highest BCUT2D eigenvalue weighted by atomic mass is 79.9. The number of hydrogen-bond donors (Lipinski definition) is 0. The van der Waals surface area contributed by atoms with Crippen LogP contribution in [0.5, 0.6) is 0 Å². The summed E-state index contributed by atoms with van der Waals surface area (Å²) in [5.41, 5.74) is 0.385. The Hall–Kier alpha value is -0.610. The molecule has 1 aliphatic heterocycles. The van der Waals surface area contributed by atoms with Crippen molar-refractivity contribution in [3.05, 3.63) is 34.6 Å². The molecule has 2 nitrogen and oxygen atoms in total. The second-order valence-corrected chi connectivity index (χ2v) is 5.83. The second-order valence-electron chi connectivity index (χ2n) is 4.78. The van der Waals surface area contributed by atoms with Crippen molar-refractivity contribution in [3.63, 3.8) is 0 Å². The van der Waals surface area contributed by atoms with E-state index < -0.39 is 5.82 Å². The van der Waals surface area contributed by atoms with E-state index in [0.29, 0.717) is 5.56 Å². The van der Waals surface area contributed by atoms with E-state index in [0.717, 1.165) is 37.6 Å². The number of carbonyl (C=O) groups is 1. The van der Waals surface area contributed by atoms with E-state index in [4.69, 9.17) is 11.6 Å². The summed E-state index contributed by atoms with van der Waals surface area (Å²) in [5.74, 6) is -0.522. The van der Waals surface area contributed by atoms with Crippen molar-refractivity contribution in [2.45, 2.75) is 31.7 Å². The van der Waals surface area contributed by atoms with Crippen molar-refractivity contribution in [1.82, 2.24) is 4.90 Å². The zero-order chi connectivity index (χ0) is 13.8. The Morgan fingerprint density at radius 3 is 2.89 bits per heavy atom. The van der Waals surface area contributed by atoms with Gasteiger partial charge >= 0.3 is 0 Å². The lowest BCUT2D eigenvalue weighted by atomic mass is 10.1. The number of likely N-dealkylation sites (tertiary alicyclic amines) is 1. The average molecular weight is 349 g/mol. The van der Waals surface area contributed by atoms with Gasteiger partial charge in [0.1, 0.15) is 5.82 Å². The lowest BCUT2D eigenvalue weighted by molar-refractivity contribution is 0.0702. The Kier molecular flexibility index (Phi) is 5.22. The normalized spacial score (nSPS) is 20.2. The van der Waals surface area contributed by atoms with Gasteiger partial charge in [0.25, 0.3) is 5.91 Å². The maximum absolute atomic E-state index is 13.0. The molecule has 1 atom stereocenters. The van der Waals surface area contributed by atoms with Gasteiger partial charge in [-0.15, -0.1) is 0 Å². The van der Waals surface area contributed by atoms with Crippen molar-refractivity contribution >= 4 is 33.4 Å². The molecular weight excluding hydrogens is 333 g/mol. The van der Waals surface area contributed by atoms with Crippen molar-refractivity contribution in [1.29, 1.82) is 0 Å². The van der Waals surface area contributed by atoms with Crippen LogP contribution in [0.3, 0.4) is 0 Å². The Bertz CT molecular complexity index is 469. The molecule has 1 amide bonds. The fourth-order valence-electron chi connectivity index (χ4n) is 2.42. The minimum atomic E-state index is -0.422. The average Bonchev–Trinajstić information content (AvgIpc) is 2.63. The van der Waals surface area contributed by atoms with E-state index in [2.05, 4.69) is 15.9 Å². The number of nitrogens with zero attached hydrogens (tertiary/aromatic N) is 1. The molecule has 1 saturated heterocycles. The lowest BCUT2D eigenvalue weighted by Crippen LogP contribution is -2.41. The monoisotopic (exact) mass is 347 g/mol. The summed E-state index contributed by atoms with van der Waals surface area (Å²) in [6, 6.07) is 4.13. The number of rotatable bonds is 2. The summed E-state index contributed by atoms with van der Waals surface area (Å²) < 4.78 is 13.0. The van der Waals surface area contributed by atoms with Gasteiger partial charge in [0, 0.05) is 17.9 Å². The molecule has 1 aliphatic rings. The summed E-state index contributed by atoms with van der Waals surface area (Å²) in [6.45, 7) is 0.739. The number of carbonyl (C=O) groups excluding carboxylic acids is 1. The molecule has 0 bridgehead atoms. The van der Waals surface area contributed by atoms with Gasteiger partial charge in [-0.3, -0.25) is 4.79 Å². The summed E-state index contributed by atoms with van der Waals surface area (Å²) in [7, 11) is 0. The lowest BCUT2D eigenvalue weighted by Gasteiger charge is -2.29. The molecule has 1 fully saturated rings. The molecule has 0 N–H and O–H groups in total. The molecule has 1 aromatic rings. The summed E-state index contributed by atoms with van der Waals surface area (Å²) in [5, 5.41) is 0.944. The van der Waals surface area contributed by atoms with E-state index in [1.807, 2.05) is 4.90 Å². The molecule has 5 heteroatoms. The highest BCUT2D eigenvalue weighted by Gasteiger charge is 2.26. The molecule has 0 radical (unpaired) electrons. The van der Waals surface area contributed by atoms with Gasteiger partial charge < -0.3 is 4.90 Å². The highest BCUT2D eigenvalue weighted by molar-refractivity contribution is 9.09. The summed E-state index contributed by atoms with van der Waals surface area (Å²) in [4.78, 5) is 14.4. The van der Waals surface area contributed by atoms with Crippen LogP contribution in [0.25, 0.3) is 0 Å². The molecule has 2 rings (SSSR count). The van der Waals surface area contributed by atoms with Crippen molar-refractivity contribution in [2.24, 2.45) is 0 Å². The molecule has 0 aliphatic carbocycles. The maximum Gasteiger partial charge on any atom is 0.255 e. The van der Waals surface area contributed by atoms with Crippen LogP contribution in [0.2, 0.25) is 5.02 Å². The van der Waals surface area contributed by atoms with Crippen LogP contribution in [-0.2, 0) is 0 Å². The number of hydrogen-bond acceptors (Lipinski definition) is 1. The first-order valence-corrected chi connectivity index (χ1v) is 7.95. The zero-order valence-electron chi connectivity index (χ0n) is 10.5. The zero-order valence-corrected chi connectivity index (χ0v) is 12.9. The Balaban J connectivity index is 2.25. The van der Waals surface area contributed by atoms with Crippen LogP contribution < -0.4 is 0 Å². The van der Waals surface area contributed by atoms with Gasteiger partial charge in [0.15, 0.2) is 0 Å². The molecule has 0 saturated carbocycles. The van der Waals surface area contributed by atoms with Gasteiger partial charge in [-0.05, 0) is 31.0 Å². The van der Waals surface area contributed by atoms with Crippen LogP contribution in [0.15, 0.2) is 18.2 Å². The van der Waals surface area contributed by atoms with Crippen LogP contribution >= 0.6 is 27.5 Å². The first-order valence-electron chi connectivity index (χ1n) is 6.45. The van der Waals surface area contributed by atoms with Gasteiger partial charge in [0.2, 0.25) is 0 Å². The quantitative estimate of drug-likeness (QED) is 0.731. The van der Waals surface area contributed by atoms with Crippen LogP contribution in [0.1, 0.15) is 36.0 Å². The molecule has 1 unspecified atom stereocenters. The summed E-state index contributed by atoms with van der Waals surface area (Å²) >= 11 is 9.45. The Morgan fingerprint density at radius 1 is 1.42 bits per heavy atom. The molecule has 1 heterocycles.